The van der Waals surface area contributed by atoms with Crippen molar-refractivity contribution in [3.8, 4) is 11.8 Å². The molecular formula is C88H114N10O39P6S4+2. The van der Waals surface area contributed by atoms with Crippen LogP contribution in [0.2, 0.25) is 0 Å². The van der Waals surface area contributed by atoms with Crippen molar-refractivity contribution in [2.45, 2.75) is 194 Å². The lowest BCUT2D eigenvalue weighted by molar-refractivity contribution is -0.437. The molecule has 5 aromatic rings. The number of anilines is 2. The number of unbranched alkanes of at least 4 members (excludes halogenated alkanes) is 2. The molecule has 2 fully saturated rings. The Kier molecular flexibility index (Phi) is 37.6. The molecule has 3 amide bonds. The quantitative estimate of drug-likeness (QED) is 0.00334. The number of rotatable bonds is 42. The summed E-state index contributed by atoms with van der Waals surface area (Å²) in [6.07, 6.45) is 13.5. The number of Topliss-reactive ketones (excluding diaryl/α,β-unsaturated/α-hetero) is 1. The molecule has 10 atom stereocenters. The molecule has 0 bridgehead atoms. The number of aliphatic hydroxyl groups excluding tert-OH is 2. The summed E-state index contributed by atoms with van der Waals surface area (Å²) < 4.78 is 211. The van der Waals surface area contributed by atoms with Gasteiger partial charge in [-0.25, -0.2) is 32.2 Å². The Labute approximate surface area is 848 Å². The summed E-state index contributed by atoms with van der Waals surface area (Å²) in [5.74, 6) is 3.94. The number of phosphoric ester groups is 2. The minimum Gasteiger partial charge on any atom is -0.390 e. The van der Waals surface area contributed by atoms with Crippen LogP contribution >= 0.6 is 58.7 Å². The maximum Gasteiger partial charge on any atom is 0.490 e. The summed E-state index contributed by atoms with van der Waals surface area (Å²) >= 11 is 1.38. The second-order valence-electron chi connectivity index (χ2n) is 36.5. The molecule has 59 heteroatoms. The highest BCUT2D eigenvalue weighted by Gasteiger charge is 2.51. The maximum atomic E-state index is 12.8. The maximum absolute atomic E-state index is 12.8. The Morgan fingerprint density at radius 3 is 1.65 bits per heavy atom. The van der Waals surface area contributed by atoms with Gasteiger partial charge in [0.15, 0.2) is 17.2 Å². The molecule has 4 aromatic carbocycles. The van der Waals surface area contributed by atoms with Crippen LogP contribution in [-0.2, 0) is 134 Å². The number of nitrogens with zero attached hydrogens (tertiary/aromatic N) is 6. The third-order valence-electron chi connectivity index (χ3n) is 24.6. The van der Waals surface area contributed by atoms with Gasteiger partial charge in [0, 0.05) is 132 Å². The predicted molar refractivity (Wildman–Crippen MR) is 532 cm³/mol. The minimum atomic E-state index is -5.80. The lowest BCUT2D eigenvalue weighted by Crippen LogP contribution is -2.41. The van der Waals surface area contributed by atoms with E-state index in [-0.39, 0.29) is 87.8 Å². The summed E-state index contributed by atoms with van der Waals surface area (Å²) in [5, 5.41) is 26.3. The van der Waals surface area contributed by atoms with Crippen molar-refractivity contribution in [1.82, 2.24) is 25.1 Å². The molecule has 1 aromatic heterocycles. The normalized spacial score (nSPS) is 22.4. The van der Waals surface area contributed by atoms with E-state index in [0.29, 0.717) is 61.3 Å². The number of aryl methyl sites for hydroxylation is 1. The van der Waals surface area contributed by atoms with E-state index in [0.717, 1.165) is 68.2 Å². The van der Waals surface area contributed by atoms with Crippen LogP contribution < -0.4 is 37.4 Å². The zero-order valence-corrected chi connectivity index (χ0v) is 89.2. The van der Waals surface area contributed by atoms with E-state index < -0.39 is 173 Å². The van der Waals surface area contributed by atoms with Gasteiger partial charge in [0.05, 0.1) is 69.7 Å². The van der Waals surface area contributed by atoms with Crippen LogP contribution in [0.5, 0.6) is 0 Å². The number of ketones is 1. The Balaban J connectivity index is 0.000000280. The van der Waals surface area contributed by atoms with Crippen LogP contribution in [0.3, 0.4) is 0 Å². The van der Waals surface area contributed by atoms with E-state index in [2.05, 4.69) is 120 Å². The number of allylic oxidation sites excluding steroid dienone is 12. The van der Waals surface area contributed by atoms with Crippen LogP contribution in [0, 0.1) is 18.8 Å². The summed E-state index contributed by atoms with van der Waals surface area (Å²) in [5.41, 5.74) is 13.4. The highest BCUT2D eigenvalue weighted by Crippen LogP contribution is 2.68. The molecule has 802 valence electrons. The van der Waals surface area contributed by atoms with Gasteiger partial charge in [0.2, 0.25) is 35.8 Å². The number of thioether (sulfide) groups is 1. The first kappa shape index (κ1) is 118. The number of fused-ring (bicyclic) bond motifs is 4. The van der Waals surface area contributed by atoms with Crippen molar-refractivity contribution in [1.29, 1.82) is 0 Å². The van der Waals surface area contributed by atoms with Gasteiger partial charge in [0.25, 0.3) is 35.9 Å². The van der Waals surface area contributed by atoms with E-state index in [1.807, 2.05) is 88.7 Å². The number of aromatic nitrogens is 2. The molecule has 18 N–H and O–H groups in total. The number of hydrogen-bond donors (Lipinski definition) is 17. The second-order valence-corrected chi connectivity index (χ2v) is 50.7. The van der Waals surface area contributed by atoms with Crippen LogP contribution in [0.25, 0.3) is 0 Å². The number of phosphoric acid groups is 6. The smallest absolute Gasteiger partial charge is 0.390 e. The number of aromatic amines is 1. The SMILES string of the molecule is CC1(C)C(/C=C/C=C/C=C2/N(CCCCCC(=O)NC/C=C/C3=CN([C@H]4CC(O)[C@@H](COP(=O)(O)OP(=O)(O)OP(=O)(O)O)O4)C(=O)CC3=O)c3ccc(S(=O)(=O)O)cc3C2(C)C)=[N+](CN)c2ccc(S(=O)(=O)O)cc21.CCN1C(=CC=CC2=[N+](CCCSCC(=O)NCC#Cc3cn([C@H]4CC(O)[C@@H](COP(=O)(O)OP(=O)(O)OP(=O)(O)O)O4)c(=O)[nH]c3=O)c3ccc(S(=O)(=O)O)cc3C2(C)C)C(C)(C)c2cc(C)ccc21. The fourth-order valence-electron chi connectivity index (χ4n) is 17.6. The van der Waals surface area contributed by atoms with Crippen molar-refractivity contribution in [3.63, 3.8) is 0 Å². The van der Waals surface area contributed by atoms with Crippen molar-refractivity contribution in [2.24, 2.45) is 5.73 Å². The lowest BCUT2D eigenvalue weighted by atomic mass is 9.81. The summed E-state index contributed by atoms with van der Waals surface area (Å²) in [7, 11) is -47.3. The average molecular weight is 2250 g/mol. The molecular weight excluding hydrogens is 2140 g/mol. The molecule has 12 rings (SSSR count). The van der Waals surface area contributed by atoms with E-state index in [1.54, 1.807) is 18.2 Å². The molecule has 0 spiro atoms. The molecule has 7 aliphatic rings. The first-order valence-corrected chi connectivity index (χ1v) is 59.5. The van der Waals surface area contributed by atoms with Crippen LogP contribution in [-0.4, -0.2) is 242 Å². The van der Waals surface area contributed by atoms with E-state index >= 15 is 0 Å². The molecule has 7 aliphatic heterocycles. The average Bonchev–Trinajstić information content (AvgIpc) is 1.59. The number of hydrogen-bond acceptors (Lipinski definition) is 32. The first-order valence-electron chi connectivity index (χ1n) is 45.0. The molecule has 147 heavy (non-hydrogen) atoms. The third kappa shape index (κ3) is 29.9. The lowest BCUT2D eigenvalue weighted by Gasteiger charge is -2.28. The minimum absolute atomic E-state index is 0.00862. The topological polar surface area (TPSA) is 731 Å². The highest BCUT2D eigenvalue weighted by molar-refractivity contribution is 7.99. The standard InChI is InChI=1S/C45H58N5O21P3S2.C43H54N5O18P3S2/c1-44(2)32-22-30(75(62,63)64)16-18-34(32)48(39(44)13-7-5-8-14-40-45(3,4)33-23-31(76(65,66)67)17-19-35(33)50(40)28-46)21-10-6-9-15-41(53)47-20-11-12-29-26-49(42(54)24-36(29)51)43-25-37(52)38(69-43)27-68-73(58,59)71-74(60,61)70-72(55,56)57;1-7-46-32-16-14-27(2)21-30(32)42(3,4)36(46)12-8-13-37-43(5,6)31-22-29(71(60,61)62)15-17-33(31)47(37)19-10-20-70-26-38(50)44-18-9-11-28-24-48(41(52)45-40(28)51)39-23-34(49)35(64-39)25-63-68(56,57)66-69(58,59)65-67(53,54)55/h5,7-8,11-14,16-19,22-23,26,37-38,43,52H,6,9-10,15,20-21,24-25,27-28,46H2,1-4H3,(H6-,47,53,55,56,57,58,59,60,61,62,63,64,65,66,67);8,12-17,21-22,24,34-35,39,49H,7,10,18-20,23,25-26H2,1-6H3,(H6-,44,45,50,51,52,53,54,55,56,57,58,59,60,61,62)/p+2/b12-11+;/t37?,38-,43-;34?,35-,39-/m11/s1. The van der Waals surface area contributed by atoms with E-state index in [4.69, 9.17) is 34.8 Å². The second kappa shape index (κ2) is 46.7. The summed E-state index contributed by atoms with van der Waals surface area (Å²) in [6, 6.07) is 19.9. The number of H-pyrrole nitrogens is 1. The summed E-state index contributed by atoms with van der Waals surface area (Å²) in [4.78, 5) is 156. The fraction of sp³-hybridized carbons (Fsp3) is 0.432. The fourth-order valence-corrected chi connectivity index (χ4v) is 26.0. The molecule has 8 heterocycles. The van der Waals surface area contributed by atoms with Gasteiger partial charge in [-0.2, -0.15) is 63.4 Å². The van der Waals surface area contributed by atoms with Crippen LogP contribution in [0.4, 0.5) is 22.7 Å². The molecule has 0 aliphatic carbocycles. The number of carbonyl (C=O) groups excluding carboxylic acids is 4. The molecule has 0 saturated carbocycles. The Hall–Kier alpha value is -8.98. The Morgan fingerprint density at radius 1 is 0.592 bits per heavy atom. The number of benzene rings is 4. The Bertz CT molecular complexity index is 7190. The number of nitrogens with one attached hydrogen (secondary N) is 3. The number of ether oxygens (including phenoxy) is 2. The zero-order chi connectivity index (χ0) is 109. The first-order chi connectivity index (χ1) is 68.1. The number of carbonyl (C=O) groups is 4. The van der Waals surface area contributed by atoms with Crippen LogP contribution in [0.15, 0.2) is 187 Å². The van der Waals surface area contributed by atoms with Gasteiger partial charge in [-0.1, -0.05) is 100 Å². The third-order valence-corrected chi connectivity index (χ3v) is 35.8. The molecule has 2 saturated heterocycles. The molecule has 49 nitrogen and oxygen atoms in total. The number of amides is 3. The summed E-state index contributed by atoms with van der Waals surface area (Å²) in [6.45, 7) is 20.1. The largest absolute Gasteiger partial charge is 0.490 e. The number of likely N-dealkylation sites (N-methyl/N-ethyl adjacent to an activating group) is 1. The van der Waals surface area contributed by atoms with Gasteiger partial charge >= 0.3 is 52.6 Å². The zero-order valence-electron chi connectivity index (χ0n) is 80.6. The van der Waals surface area contributed by atoms with Crippen molar-refractivity contribution in [3.05, 3.63) is 217 Å². The van der Waals surface area contributed by atoms with Gasteiger partial charge < -0.3 is 79.3 Å². The molecule has 0 radical (unpaired) electrons. The monoisotopic (exact) mass is 2250 g/mol. The van der Waals surface area contributed by atoms with E-state index in [1.165, 1.54) is 77.1 Å². The van der Waals surface area contributed by atoms with Gasteiger partial charge in [-0.3, -0.25) is 66.9 Å². The number of aliphatic hydroxyl groups is 2. The predicted octanol–water partition coefficient (Wildman–Crippen LogP) is 8.01. The van der Waals surface area contributed by atoms with Gasteiger partial charge in [-0.15, -0.1) is 0 Å². The van der Waals surface area contributed by atoms with Gasteiger partial charge in [-0.05, 0) is 132 Å². The van der Waals surface area contributed by atoms with Crippen molar-refractivity contribution < 1.29 is 180 Å². The highest BCUT2D eigenvalue weighted by atomic mass is 32.2. The number of nitrogens with two attached hydrogens (primary N) is 1. The van der Waals surface area contributed by atoms with Crippen LogP contribution in [0.1, 0.15) is 153 Å². The van der Waals surface area contributed by atoms with E-state index in [9.17, 15) is 125 Å². The van der Waals surface area contributed by atoms with Crippen molar-refractivity contribution >= 4 is 147 Å². The Morgan fingerprint density at radius 2 is 1.10 bits per heavy atom. The van der Waals surface area contributed by atoms with Crippen molar-refractivity contribution in [2.75, 3.05) is 73.9 Å². The molecule has 6 unspecified atom stereocenters. The van der Waals surface area contributed by atoms with Gasteiger partial charge in [0.1, 0.15) is 36.8 Å².